The number of nitrogens with zero attached hydrogens (tertiary/aromatic N) is 2. The Morgan fingerprint density at radius 2 is 2.07 bits per heavy atom. The monoisotopic (exact) mass is 395 g/mol. The van der Waals surface area contributed by atoms with Crippen molar-refractivity contribution in [2.24, 2.45) is 5.92 Å². The fourth-order valence-corrected chi connectivity index (χ4v) is 4.26. The molecule has 3 aromatic rings. The Morgan fingerprint density at radius 3 is 2.86 bits per heavy atom. The van der Waals surface area contributed by atoms with Crippen molar-refractivity contribution >= 4 is 34.5 Å². The fraction of sp³-hybridized carbons (Fsp3) is 0.364. The quantitative estimate of drug-likeness (QED) is 0.608. The van der Waals surface area contributed by atoms with Gasteiger partial charge in [0.15, 0.2) is 5.58 Å². The molecule has 1 atom stereocenters. The van der Waals surface area contributed by atoms with Gasteiger partial charge in [-0.05, 0) is 55.1 Å². The van der Waals surface area contributed by atoms with E-state index in [1.807, 2.05) is 36.4 Å². The highest BCUT2D eigenvalue weighted by atomic mass is 32.2. The van der Waals surface area contributed by atoms with Crippen LogP contribution in [0.3, 0.4) is 0 Å². The smallest absolute Gasteiger partial charge is 0.257 e. The van der Waals surface area contributed by atoms with Gasteiger partial charge in [0, 0.05) is 18.8 Å². The average Bonchev–Trinajstić information content (AvgIpc) is 3.11. The number of anilines is 1. The van der Waals surface area contributed by atoms with Gasteiger partial charge in [-0.3, -0.25) is 9.69 Å². The summed E-state index contributed by atoms with van der Waals surface area (Å²) in [6.07, 6.45) is 2.62. The summed E-state index contributed by atoms with van der Waals surface area (Å²) in [7, 11) is 0. The van der Waals surface area contributed by atoms with E-state index in [1.54, 1.807) is 0 Å². The maximum absolute atomic E-state index is 12.2. The summed E-state index contributed by atoms with van der Waals surface area (Å²) in [6.45, 7) is 5.65. The lowest BCUT2D eigenvalue weighted by molar-refractivity contribution is -0.113. The van der Waals surface area contributed by atoms with Gasteiger partial charge in [0.25, 0.3) is 5.22 Å². The zero-order valence-corrected chi connectivity index (χ0v) is 16.9. The average molecular weight is 396 g/mol. The van der Waals surface area contributed by atoms with Gasteiger partial charge in [-0.25, -0.2) is 4.98 Å². The van der Waals surface area contributed by atoms with E-state index in [-0.39, 0.29) is 11.7 Å². The zero-order chi connectivity index (χ0) is 19.3. The molecule has 0 bridgehead atoms. The fourth-order valence-electron chi connectivity index (χ4n) is 3.62. The minimum Gasteiger partial charge on any atom is -0.431 e. The van der Waals surface area contributed by atoms with Crippen LogP contribution < -0.4 is 5.32 Å². The Labute approximate surface area is 169 Å². The zero-order valence-electron chi connectivity index (χ0n) is 16.1. The molecular weight excluding hydrogens is 370 g/mol. The Kier molecular flexibility index (Phi) is 5.98. The van der Waals surface area contributed by atoms with E-state index in [1.165, 1.54) is 43.3 Å². The predicted molar refractivity (Wildman–Crippen MR) is 113 cm³/mol. The predicted octanol–water partition coefficient (Wildman–Crippen LogP) is 4.79. The summed E-state index contributed by atoms with van der Waals surface area (Å²) in [4.78, 5) is 19.1. The summed E-state index contributed by atoms with van der Waals surface area (Å²) in [5, 5.41) is 3.46. The lowest BCUT2D eigenvalue weighted by atomic mass is 10.00. The molecule has 4 rings (SSSR count). The van der Waals surface area contributed by atoms with E-state index in [0.717, 1.165) is 29.2 Å². The van der Waals surface area contributed by atoms with Crippen molar-refractivity contribution in [1.82, 2.24) is 9.88 Å². The minimum atomic E-state index is -0.0649. The number of thioether (sulfide) groups is 1. The first kappa shape index (κ1) is 19.0. The molecule has 0 aliphatic carbocycles. The molecule has 1 aromatic heterocycles. The molecule has 0 saturated carbocycles. The highest BCUT2D eigenvalue weighted by molar-refractivity contribution is 7.99. The van der Waals surface area contributed by atoms with Crippen molar-refractivity contribution in [2.75, 3.05) is 24.2 Å². The Morgan fingerprint density at radius 1 is 1.25 bits per heavy atom. The maximum Gasteiger partial charge on any atom is 0.257 e. The number of hydrogen-bond donors (Lipinski definition) is 1. The number of carbonyl (C=O) groups excluding carboxylic acids is 1. The number of fused-ring (bicyclic) bond motifs is 1. The summed E-state index contributed by atoms with van der Waals surface area (Å²) in [5.41, 5.74) is 3.65. The van der Waals surface area contributed by atoms with Crippen LogP contribution in [0.4, 0.5) is 5.69 Å². The molecule has 1 amide bonds. The summed E-state index contributed by atoms with van der Waals surface area (Å²) < 4.78 is 5.63. The van der Waals surface area contributed by atoms with Gasteiger partial charge in [-0.15, -0.1) is 0 Å². The van der Waals surface area contributed by atoms with Crippen LogP contribution in [0.5, 0.6) is 0 Å². The SMILES string of the molecule is CC1CCCN(Cc2ccc(NC(=O)CSc3nc4ccccc4o3)cc2)C1. The van der Waals surface area contributed by atoms with Gasteiger partial charge in [-0.2, -0.15) is 0 Å². The highest BCUT2D eigenvalue weighted by Gasteiger charge is 2.16. The van der Waals surface area contributed by atoms with Crippen molar-refractivity contribution in [3.05, 3.63) is 54.1 Å². The lowest BCUT2D eigenvalue weighted by Gasteiger charge is -2.30. The van der Waals surface area contributed by atoms with Gasteiger partial charge in [0.2, 0.25) is 5.91 Å². The van der Waals surface area contributed by atoms with Crippen molar-refractivity contribution in [3.8, 4) is 0 Å². The summed E-state index contributed by atoms with van der Waals surface area (Å²) in [5.74, 6) is 0.983. The molecule has 1 fully saturated rings. The molecule has 0 spiro atoms. The number of amides is 1. The van der Waals surface area contributed by atoms with E-state index in [2.05, 4.69) is 34.3 Å². The molecule has 1 aliphatic heterocycles. The lowest BCUT2D eigenvalue weighted by Crippen LogP contribution is -2.33. The highest BCUT2D eigenvalue weighted by Crippen LogP contribution is 2.23. The Bertz CT molecular complexity index is 905. The number of aromatic nitrogens is 1. The molecule has 5 nitrogen and oxygen atoms in total. The van der Waals surface area contributed by atoms with Crippen LogP contribution in [0.15, 0.2) is 58.2 Å². The number of benzene rings is 2. The summed E-state index contributed by atoms with van der Waals surface area (Å²) >= 11 is 1.30. The molecule has 1 aliphatic rings. The van der Waals surface area contributed by atoms with Crippen LogP contribution in [-0.2, 0) is 11.3 Å². The second-order valence-corrected chi connectivity index (χ2v) is 8.39. The van der Waals surface area contributed by atoms with Crippen LogP contribution in [0, 0.1) is 5.92 Å². The van der Waals surface area contributed by atoms with Crippen molar-refractivity contribution < 1.29 is 9.21 Å². The molecule has 146 valence electrons. The van der Waals surface area contributed by atoms with Gasteiger partial charge >= 0.3 is 0 Å². The number of rotatable bonds is 6. The number of piperidine rings is 1. The molecule has 2 aromatic carbocycles. The van der Waals surface area contributed by atoms with E-state index < -0.39 is 0 Å². The minimum absolute atomic E-state index is 0.0649. The van der Waals surface area contributed by atoms with Crippen LogP contribution in [0.25, 0.3) is 11.1 Å². The number of nitrogens with one attached hydrogen (secondary N) is 1. The first-order valence-corrected chi connectivity index (χ1v) is 10.7. The molecule has 2 heterocycles. The number of para-hydroxylation sites is 2. The third-order valence-corrected chi connectivity index (χ3v) is 5.81. The molecule has 28 heavy (non-hydrogen) atoms. The van der Waals surface area contributed by atoms with Gasteiger partial charge < -0.3 is 9.73 Å². The van der Waals surface area contributed by atoms with Crippen LogP contribution in [-0.4, -0.2) is 34.6 Å². The normalized spacial score (nSPS) is 17.7. The number of carbonyl (C=O) groups is 1. The van der Waals surface area contributed by atoms with Crippen LogP contribution in [0.2, 0.25) is 0 Å². The van der Waals surface area contributed by atoms with Crippen molar-refractivity contribution in [2.45, 2.75) is 31.5 Å². The Balaban J connectivity index is 1.27. The summed E-state index contributed by atoms with van der Waals surface area (Å²) in [6, 6.07) is 15.8. The molecule has 1 saturated heterocycles. The number of oxazole rings is 1. The van der Waals surface area contributed by atoms with Gasteiger partial charge in [-0.1, -0.05) is 43.0 Å². The van der Waals surface area contributed by atoms with E-state index in [4.69, 9.17) is 4.42 Å². The first-order valence-electron chi connectivity index (χ1n) is 9.75. The molecular formula is C22H25N3O2S. The molecule has 6 heteroatoms. The second kappa shape index (κ2) is 8.80. The largest absolute Gasteiger partial charge is 0.431 e. The standard InChI is InChI=1S/C22H25N3O2S/c1-16-5-4-12-25(13-16)14-17-8-10-18(11-9-17)23-21(26)15-28-22-24-19-6-2-3-7-20(19)27-22/h2-3,6-11,16H,4-5,12-15H2,1H3,(H,23,26). The van der Waals surface area contributed by atoms with E-state index >= 15 is 0 Å². The third kappa shape index (κ3) is 4.94. The van der Waals surface area contributed by atoms with E-state index in [9.17, 15) is 4.79 Å². The topological polar surface area (TPSA) is 58.4 Å². The van der Waals surface area contributed by atoms with Gasteiger partial charge in [0.1, 0.15) is 5.52 Å². The van der Waals surface area contributed by atoms with Crippen molar-refractivity contribution in [3.63, 3.8) is 0 Å². The second-order valence-electron chi connectivity index (χ2n) is 7.46. The third-order valence-electron chi connectivity index (χ3n) is 4.99. The van der Waals surface area contributed by atoms with Crippen LogP contribution >= 0.6 is 11.8 Å². The maximum atomic E-state index is 12.2. The van der Waals surface area contributed by atoms with E-state index in [0.29, 0.717) is 5.22 Å². The van der Waals surface area contributed by atoms with Crippen molar-refractivity contribution in [1.29, 1.82) is 0 Å². The van der Waals surface area contributed by atoms with Gasteiger partial charge in [0.05, 0.1) is 5.75 Å². The number of hydrogen-bond acceptors (Lipinski definition) is 5. The van der Waals surface area contributed by atoms with Crippen LogP contribution in [0.1, 0.15) is 25.3 Å². The first-order chi connectivity index (χ1) is 13.7. The molecule has 0 radical (unpaired) electrons. The molecule has 1 N–H and O–H groups in total. The molecule has 1 unspecified atom stereocenters. The Hall–Kier alpha value is -2.31. The number of likely N-dealkylation sites (tertiary alicyclic amines) is 1.